The van der Waals surface area contributed by atoms with Crippen LogP contribution in [0.3, 0.4) is 0 Å². The fourth-order valence-corrected chi connectivity index (χ4v) is 1.91. The molecule has 7 heteroatoms. The van der Waals surface area contributed by atoms with Crippen LogP contribution in [-0.2, 0) is 4.79 Å². The van der Waals surface area contributed by atoms with E-state index in [9.17, 15) is 15.0 Å². The van der Waals surface area contributed by atoms with Crippen molar-refractivity contribution in [3.63, 3.8) is 0 Å². The van der Waals surface area contributed by atoms with Crippen LogP contribution in [-0.4, -0.2) is 69.9 Å². The van der Waals surface area contributed by atoms with Crippen molar-refractivity contribution in [1.29, 1.82) is 0 Å². The Morgan fingerprint density at radius 2 is 1.75 bits per heavy atom. The molecule has 0 saturated carbocycles. The van der Waals surface area contributed by atoms with Crippen LogP contribution in [0, 0.1) is 0 Å². The number of hydrogen-bond acceptors (Lipinski definition) is 6. The largest absolute Gasteiger partial charge is 0.395 e. The highest BCUT2D eigenvalue weighted by atomic mass is 16.3. The minimum absolute atomic E-state index is 0.314. The first-order chi connectivity index (χ1) is 7.51. The minimum atomic E-state index is -1.22. The van der Waals surface area contributed by atoms with Crippen LogP contribution < -0.4 is 10.6 Å². The summed E-state index contributed by atoms with van der Waals surface area (Å²) in [5.41, 5.74) is 0. The van der Waals surface area contributed by atoms with Gasteiger partial charge in [-0.25, -0.2) is 0 Å². The molecule has 0 aromatic heterocycles. The molecule has 1 aliphatic rings. The number of nitrogens with one attached hydrogen (secondary N) is 2. The van der Waals surface area contributed by atoms with Crippen molar-refractivity contribution in [2.45, 2.75) is 37.3 Å². The molecule has 1 aliphatic heterocycles. The normalized spacial score (nSPS) is 39.4. The fourth-order valence-electron chi connectivity index (χ4n) is 1.91. The summed E-state index contributed by atoms with van der Waals surface area (Å²) in [6.45, 7) is 0.610. The first-order valence-corrected chi connectivity index (χ1v) is 5.12. The van der Waals surface area contributed by atoms with Crippen molar-refractivity contribution in [1.82, 2.24) is 10.6 Å². The summed E-state index contributed by atoms with van der Waals surface area (Å²) < 4.78 is 0. The summed E-state index contributed by atoms with van der Waals surface area (Å²) in [6, 6.07) is -2.09. The van der Waals surface area contributed by atoms with Crippen LogP contribution in [0.5, 0.6) is 0 Å². The molecule has 94 valence electrons. The Hall–Kier alpha value is -0.730. The lowest BCUT2D eigenvalue weighted by molar-refractivity contribution is -0.124. The zero-order chi connectivity index (χ0) is 12.3. The van der Waals surface area contributed by atoms with E-state index in [1.54, 1.807) is 0 Å². The van der Waals surface area contributed by atoms with E-state index in [1.807, 2.05) is 0 Å². The Morgan fingerprint density at radius 1 is 1.19 bits per heavy atom. The quantitative estimate of drug-likeness (QED) is 0.302. The van der Waals surface area contributed by atoms with Crippen LogP contribution >= 0.6 is 0 Å². The molecule has 1 saturated heterocycles. The van der Waals surface area contributed by atoms with Gasteiger partial charge in [-0.2, -0.15) is 0 Å². The molecule has 0 spiro atoms. The number of rotatable bonds is 3. The number of carbonyl (C=O) groups is 1. The van der Waals surface area contributed by atoms with E-state index in [0.29, 0.717) is 0 Å². The number of amides is 1. The second-order valence-corrected chi connectivity index (χ2v) is 3.95. The predicted molar refractivity (Wildman–Crippen MR) is 54.5 cm³/mol. The van der Waals surface area contributed by atoms with Gasteiger partial charge in [-0.3, -0.25) is 4.79 Å². The van der Waals surface area contributed by atoms with Crippen molar-refractivity contribution in [3.05, 3.63) is 0 Å². The second-order valence-electron chi connectivity index (χ2n) is 3.95. The zero-order valence-electron chi connectivity index (χ0n) is 9.00. The van der Waals surface area contributed by atoms with Crippen molar-refractivity contribution < 1.29 is 25.2 Å². The van der Waals surface area contributed by atoms with Gasteiger partial charge < -0.3 is 31.1 Å². The average Bonchev–Trinajstić information content (AvgIpc) is 2.25. The molecule has 0 bridgehead atoms. The molecule has 1 rings (SSSR count). The van der Waals surface area contributed by atoms with Gasteiger partial charge in [-0.1, -0.05) is 0 Å². The van der Waals surface area contributed by atoms with Crippen LogP contribution in [0.4, 0.5) is 0 Å². The molecule has 6 N–H and O–H groups in total. The molecule has 0 aromatic carbocycles. The Bertz CT molecular complexity index is 248. The summed E-state index contributed by atoms with van der Waals surface area (Å²) in [7, 11) is 0. The van der Waals surface area contributed by atoms with Gasteiger partial charge in [0, 0.05) is 6.92 Å². The lowest BCUT2D eigenvalue weighted by atomic mass is 9.88. The number of hydrogen-bond donors (Lipinski definition) is 6. The van der Waals surface area contributed by atoms with Gasteiger partial charge >= 0.3 is 0 Å². The molecule has 7 nitrogen and oxygen atoms in total. The average molecular weight is 234 g/mol. The van der Waals surface area contributed by atoms with Gasteiger partial charge in [-0.15, -0.1) is 0 Å². The van der Waals surface area contributed by atoms with Crippen LogP contribution in [0.25, 0.3) is 0 Å². The second kappa shape index (κ2) is 5.55. The van der Waals surface area contributed by atoms with Gasteiger partial charge in [0.1, 0.15) is 6.10 Å². The molecule has 5 atom stereocenters. The highest BCUT2D eigenvalue weighted by Gasteiger charge is 2.42. The highest BCUT2D eigenvalue weighted by molar-refractivity contribution is 5.73. The van der Waals surface area contributed by atoms with Gasteiger partial charge in [0.05, 0.1) is 37.4 Å². The predicted octanol–water partition coefficient (Wildman–Crippen LogP) is -3.46. The third-order valence-electron chi connectivity index (χ3n) is 2.76. The summed E-state index contributed by atoms with van der Waals surface area (Å²) in [5, 5.41) is 42.7. The lowest BCUT2D eigenvalue weighted by Crippen LogP contribution is -2.70. The Balaban J connectivity index is 2.77. The molecule has 0 aromatic rings. The summed E-state index contributed by atoms with van der Waals surface area (Å²) in [4.78, 5) is 10.9. The van der Waals surface area contributed by atoms with Crippen LogP contribution in [0.2, 0.25) is 0 Å². The van der Waals surface area contributed by atoms with Gasteiger partial charge in [0.25, 0.3) is 0 Å². The molecular weight excluding hydrogens is 216 g/mol. The molecule has 1 fully saturated rings. The van der Waals surface area contributed by atoms with Gasteiger partial charge in [0.15, 0.2) is 0 Å². The van der Waals surface area contributed by atoms with Crippen molar-refractivity contribution in [2.75, 3.05) is 13.2 Å². The van der Waals surface area contributed by atoms with Crippen molar-refractivity contribution in [3.8, 4) is 0 Å². The third-order valence-corrected chi connectivity index (χ3v) is 2.76. The van der Waals surface area contributed by atoms with Crippen molar-refractivity contribution >= 4 is 5.91 Å². The molecule has 0 aliphatic carbocycles. The lowest BCUT2D eigenvalue weighted by Gasteiger charge is -2.42. The maximum absolute atomic E-state index is 10.9. The van der Waals surface area contributed by atoms with Crippen LogP contribution in [0.15, 0.2) is 0 Å². The Kier molecular flexibility index (Phi) is 4.63. The fraction of sp³-hybridized carbons (Fsp3) is 0.889. The first-order valence-electron chi connectivity index (χ1n) is 5.12. The van der Waals surface area contributed by atoms with E-state index in [4.69, 9.17) is 10.2 Å². The van der Waals surface area contributed by atoms with E-state index < -0.39 is 30.3 Å². The molecular formula is C9H18N2O5. The minimum Gasteiger partial charge on any atom is -0.395 e. The monoisotopic (exact) mass is 234 g/mol. The smallest absolute Gasteiger partial charge is 0.217 e. The summed E-state index contributed by atoms with van der Waals surface area (Å²) in [6.07, 6.45) is -2.41. The first kappa shape index (κ1) is 13.3. The molecule has 1 amide bonds. The van der Waals surface area contributed by atoms with Crippen molar-refractivity contribution in [2.24, 2.45) is 0 Å². The SMILES string of the molecule is CC(=O)N[C@@H]1[C@@H](O)[C@H](O)[C@@H](CO)N[C@@H]1CO. The summed E-state index contributed by atoms with van der Waals surface area (Å²) in [5.74, 6) is -0.362. The van der Waals surface area contributed by atoms with E-state index in [1.165, 1.54) is 6.92 Å². The van der Waals surface area contributed by atoms with E-state index in [0.717, 1.165) is 0 Å². The number of aliphatic hydroxyl groups excluding tert-OH is 4. The van der Waals surface area contributed by atoms with Gasteiger partial charge in [0.2, 0.25) is 5.91 Å². The van der Waals surface area contributed by atoms with E-state index in [-0.39, 0.29) is 19.1 Å². The maximum Gasteiger partial charge on any atom is 0.217 e. The molecule has 16 heavy (non-hydrogen) atoms. The van der Waals surface area contributed by atoms with Gasteiger partial charge in [-0.05, 0) is 0 Å². The Morgan fingerprint density at radius 3 is 2.19 bits per heavy atom. The Labute approximate surface area is 93.1 Å². The standard InChI is InChI=1S/C9H18N2O5/c1-4(14)10-7-5(2-12)11-6(3-13)8(15)9(7)16/h5-9,11-13,15-16H,2-3H2,1H3,(H,10,14)/t5-,6-,7+,8-,9-/m1/s1. The molecule has 1 heterocycles. The molecule has 0 unspecified atom stereocenters. The number of carbonyl (C=O) groups excluding carboxylic acids is 1. The third kappa shape index (κ3) is 2.69. The number of aliphatic hydroxyl groups is 4. The topological polar surface area (TPSA) is 122 Å². The highest BCUT2D eigenvalue weighted by Crippen LogP contribution is 2.15. The van der Waals surface area contributed by atoms with E-state index >= 15 is 0 Å². The van der Waals surface area contributed by atoms with Crippen LogP contribution in [0.1, 0.15) is 6.92 Å². The maximum atomic E-state index is 10.9. The molecule has 0 radical (unpaired) electrons. The summed E-state index contributed by atoms with van der Waals surface area (Å²) >= 11 is 0. The zero-order valence-corrected chi connectivity index (χ0v) is 9.00. The number of piperidine rings is 1. The van der Waals surface area contributed by atoms with E-state index in [2.05, 4.69) is 10.6 Å².